The van der Waals surface area contributed by atoms with Gasteiger partial charge in [-0.05, 0) is 62.1 Å². The maximum absolute atomic E-state index is 13.1. The summed E-state index contributed by atoms with van der Waals surface area (Å²) in [6.45, 7) is 4.87. The third-order valence-corrected chi connectivity index (χ3v) is 7.47. The Morgan fingerprint density at radius 1 is 1.17 bits per heavy atom. The van der Waals surface area contributed by atoms with E-state index in [9.17, 15) is 13.2 Å². The lowest BCUT2D eigenvalue weighted by molar-refractivity contribution is -0.132. The summed E-state index contributed by atoms with van der Waals surface area (Å²) < 4.78 is 32.7. The number of benzene rings is 2. The third-order valence-electron chi connectivity index (χ3n) is 5.61. The molecule has 1 atom stereocenters. The van der Waals surface area contributed by atoms with Crippen LogP contribution in [0, 0.1) is 12.3 Å². The molecule has 29 heavy (non-hydrogen) atoms. The summed E-state index contributed by atoms with van der Waals surface area (Å²) in [4.78, 5) is 13.2. The van der Waals surface area contributed by atoms with Gasteiger partial charge in [0.05, 0.1) is 17.4 Å². The molecule has 0 radical (unpaired) electrons. The summed E-state index contributed by atoms with van der Waals surface area (Å²) in [6.07, 6.45) is 1.30. The van der Waals surface area contributed by atoms with Crippen LogP contribution in [0.15, 0.2) is 53.4 Å². The van der Waals surface area contributed by atoms with Gasteiger partial charge in [0.2, 0.25) is 15.9 Å². The molecule has 0 aromatic heterocycles. The van der Waals surface area contributed by atoms with Crippen molar-refractivity contribution < 1.29 is 17.9 Å². The van der Waals surface area contributed by atoms with Crippen LogP contribution in [-0.4, -0.2) is 38.8 Å². The van der Waals surface area contributed by atoms with Crippen LogP contribution in [0.4, 0.5) is 0 Å². The number of aryl methyl sites for hydroxylation is 1. The number of sulfonamides is 1. The predicted octanol–water partition coefficient (Wildman–Crippen LogP) is 3.11. The van der Waals surface area contributed by atoms with Gasteiger partial charge in [-0.3, -0.25) is 4.79 Å². The van der Waals surface area contributed by atoms with E-state index in [1.54, 1.807) is 24.3 Å². The second-order valence-corrected chi connectivity index (χ2v) is 9.73. The Morgan fingerprint density at radius 2 is 1.86 bits per heavy atom. The van der Waals surface area contributed by atoms with Gasteiger partial charge in [0.1, 0.15) is 5.75 Å². The molecule has 0 aliphatic carbocycles. The SMILES string of the molecule is COc1ccc(S(=O)(=O)N2CCC[C@@](C)(C(=O)NCc3ccccc3C)C2)cc1. The van der Waals surface area contributed by atoms with Crippen molar-refractivity contribution in [3.8, 4) is 5.75 Å². The highest BCUT2D eigenvalue weighted by atomic mass is 32.2. The van der Waals surface area contributed by atoms with Crippen LogP contribution in [0.3, 0.4) is 0 Å². The maximum atomic E-state index is 13.1. The first-order chi connectivity index (χ1) is 13.8. The number of carbonyl (C=O) groups is 1. The molecule has 2 aromatic rings. The largest absolute Gasteiger partial charge is 0.497 e. The Hall–Kier alpha value is -2.38. The van der Waals surface area contributed by atoms with Crippen LogP contribution in [0.2, 0.25) is 0 Å². The van der Waals surface area contributed by atoms with Gasteiger partial charge in [-0.25, -0.2) is 8.42 Å². The highest BCUT2D eigenvalue weighted by Crippen LogP contribution is 2.33. The summed E-state index contributed by atoms with van der Waals surface area (Å²) >= 11 is 0. The number of amides is 1. The lowest BCUT2D eigenvalue weighted by Crippen LogP contribution is -2.51. The Bertz CT molecular complexity index is 973. The van der Waals surface area contributed by atoms with E-state index in [2.05, 4.69) is 5.32 Å². The molecule has 0 saturated carbocycles. The normalized spacial score (nSPS) is 20.2. The van der Waals surface area contributed by atoms with Crippen LogP contribution in [0.1, 0.15) is 30.9 Å². The Balaban J connectivity index is 1.72. The molecular weight excluding hydrogens is 388 g/mol. The van der Waals surface area contributed by atoms with Crippen molar-refractivity contribution in [3.05, 3.63) is 59.7 Å². The molecule has 1 saturated heterocycles. The molecule has 0 unspecified atom stereocenters. The van der Waals surface area contributed by atoms with E-state index in [0.29, 0.717) is 31.7 Å². The topological polar surface area (TPSA) is 75.7 Å². The fourth-order valence-electron chi connectivity index (χ4n) is 3.68. The molecule has 1 heterocycles. The van der Waals surface area contributed by atoms with E-state index < -0.39 is 15.4 Å². The van der Waals surface area contributed by atoms with E-state index in [4.69, 9.17) is 4.74 Å². The van der Waals surface area contributed by atoms with Crippen molar-refractivity contribution >= 4 is 15.9 Å². The second kappa shape index (κ2) is 8.55. The third kappa shape index (κ3) is 4.62. The van der Waals surface area contributed by atoms with E-state index in [-0.39, 0.29) is 17.3 Å². The molecule has 2 aromatic carbocycles. The van der Waals surface area contributed by atoms with Gasteiger partial charge < -0.3 is 10.1 Å². The van der Waals surface area contributed by atoms with Crippen LogP contribution < -0.4 is 10.1 Å². The molecule has 1 aliphatic heterocycles. The number of hydrogen-bond acceptors (Lipinski definition) is 4. The number of nitrogens with zero attached hydrogens (tertiary/aromatic N) is 1. The molecule has 1 aliphatic rings. The number of rotatable bonds is 6. The van der Waals surface area contributed by atoms with Gasteiger partial charge >= 0.3 is 0 Å². The molecular formula is C22H28N2O4S. The van der Waals surface area contributed by atoms with Gasteiger partial charge in [0.25, 0.3) is 0 Å². The van der Waals surface area contributed by atoms with Gasteiger partial charge in [-0.15, -0.1) is 0 Å². The predicted molar refractivity (Wildman–Crippen MR) is 112 cm³/mol. The average molecular weight is 417 g/mol. The second-order valence-electron chi connectivity index (χ2n) is 7.79. The number of nitrogens with one attached hydrogen (secondary N) is 1. The summed E-state index contributed by atoms with van der Waals surface area (Å²) in [5, 5.41) is 3.00. The Labute approximate surface area is 172 Å². The van der Waals surface area contributed by atoms with E-state index in [1.807, 2.05) is 38.1 Å². The molecule has 1 fully saturated rings. The van der Waals surface area contributed by atoms with Crippen LogP contribution >= 0.6 is 0 Å². The van der Waals surface area contributed by atoms with Crippen LogP contribution in [0.5, 0.6) is 5.75 Å². The number of carbonyl (C=O) groups excluding carboxylic acids is 1. The highest BCUT2D eigenvalue weighted by molar-refractivity contribution is 7.89. The average Bonchev–Trinajstić information content (AvgIpc) is 2.73. The van der Waals surface area contributed by atoms with E-state index >= 15 is 0 Å². The van der Waals surface area contributed by atoms with Crippen LogP contribution in [0.25, 0.3) is 0 Å². The first-order valence-electron chi connectivity index (χ1n) is 9.73. The molecule has 3 rings (SSSR count). The highest BCUT2D eigenvalue weighted by Gasteiger charge is 2.41. The minimum absolute atomic E-state index is 0.115. The van der Waals surface area contributed by atoms with Gasteiger partial charge in [-0.1, -0.05) is 24.3 Å². The standard InChI is InChI=1S/C22H28N2O4S/c1-17-7-4-5-8-18(17)15-23-21(25)22(2)13-6-14-24(16-22)29(26,27)20-11-9-19(28-3)10-12-20/h4-5,7-12H,6,13-16H2,1-3H3,(H,23,25)/t22-/m1/s1. The number of methoxy groups -OCH3 is 1. The van der Waals surface area contributed by atoms with Crippen molar-refractivity contribution in [1.82, 2.24) is 9.62 Å². The van der Waals surface area contributed by atoms with Crippen molar-refractivity contribution in [2.75, 3.05) is 20.2 Å². The Morgan fingerprint density at radius 3 is 2.52 bits per heavy atom. The lowest BCUT2D eigenvalue weighted by atomic mass is 9.82. The minimum Gasteiger partial charge on any atom is -0.497 e. The van der Waals surface area contributed by atoms with Crippen molar-refractivity contribution in [3.63, 3.8) is 0 Å². The number of piperidine rings is 1. The summed E-state index contributed by atoms with van der Waals surface area (Å²) in [6, 6.07) is 14.2. The summed E-state index contributed by atoms with van der Waals surface area (Å²) in [5.41, 5.74) is 1.41. The maximum Gasteiger partial charge on any atom is 0.243 e. The van der Waals surface area contributed by atoms with Crippen molar-refractivity contribution in [2.45, 2.75) is 38.1 Å². The molecule has 156 valence electrons. The van der Waals surface area contributed by atoms with Crippen molar-refractivity contribution in [2.24, 2.45) is 5.41 Å². The molecule has 0 bridgehead atoms. The molecule has 0 spiro atoms. The molecule has 6 nitrogen and oxygen atoms in total. The summed E-state index contributed by atoms with van der Waals surface area (Å²) in [5.74, 6) is 0.485. The minimum atomic E-state index is -3.67. The monoisotopic (exact) mass is 416 g/mol. The first-order valence-corrected chi connectivity index (χ1v) is 11.2. The quantitative estimate of drug-likeness (QED) is 0.785. The van der Waals surface area contributed by atoms with Gasteiger partial charge in [-0.2, -0.15) is 4.31 Å². The zero-order valence-corrected chi connectivity index (χ0v) is 18.0. The molecule has 1 N–H and O–H groups in total. The van der Waals surface area contributed by atoms with Crippen LogP contribution in [-0.2, 0) is 21.4 Å². The lowest BCUT2D eigenvalue weighted by Gasteiger charge is -2.38. The zero-order valence-electron chi connectivity index (χ0n) is 17.1. The Kier molecular flexibility index (Phi) is 6.29. The van der Waals surface area contributed by atoms with Crippen molar-refractivity contribution in [1.29, 1.82) is 0 Å². The zero-order chi connectivity index (χ0) is 21.1. The smallest absolute Gasteiger partial charge is 0.243 e. The summed E-state index contributed by atoms with van der Waals surface area (Å²) in [7, 11) is -2.13. The molecule has 7 heteroatoms. The molecule has 1 amide bonds. The fourth-order valence-corrected chi connectivity index (χ4v) is 5.28. The van der Waals surface area contributed by atoms with Gasteiger partial charge in [0, 0.05) is 19.6 Å². The first kappa shape index (κ1) is 21.3. The van der Waals surface area contributed by atoms with E-state index in [1.165, 1.54) is 11.4 Å². The number of ether oxygens (including phenoxy) is 1. The fraction of sp³-hybridized carbons (Fsp3) is 0.409. The number of hydrogen-bond donors (Lipinski definition) is 1. The van der Waals surface area contributed by atoms with E-state index in [0.717, 1.165) is 11.1 Å². The van der Waals surface area contributed by atoms with Gasteiger partial charge in [0.15, 0.2) is 0 Å².